The van der Waals surface area contributed by atoms with Crippen molar-refractivity contribution in [2.24, 2.45) is 0 Å². The lowest BCUT2D eigenvalue weighted by Gasteiger charge is -2.35. The number of hydrogen-bond donors (Lipinski definition) is 1. The highest BCUT2D eigenvalue weighted by molar-refractivity contribution is 7.73. The van der Waals surface area contributed by atoms with Gasteiger partial charge in [0.15, 0.2) is 10.7 Å². The van der Waals surface area contributed by atoms with Crippen LogP contribution in [0.15, 0.2) is 0 Å². The lowest BCUT2D eigenvalue weighted by molar-refractivity contribution is 0.153. The van der Waals surface area contributed by atoms with Gasteiger partial charge in [-0.1, -0.05) is 0 Å². The fourth-order valence-electron chi connectivity index (χ4n) is 2.39. The van der Waals surface area contributed by atoms with Crippen molar-refractivity contribution in [3.63, 3.8) is 0 Å². The van der Waals surface area contributed by atoms with Crippen LogP contribution in [0.2, 0.25) is 0 Å². The van der Waals surface area contributed by atoms with E-state index in [9.17, 15) is 8.42 Å². The number of likely N-dealkylation sites (tertiary alicyclic amines) is 2. The van der Waals surface area contributed by atoms with E-state index in [0.29, 0.717) is 0 Å². The normalized spacial score (nSPS) is 25.6. The first-order valence-electron chi connectivity index (χ1n) is 6.19. The predicted octanol–water partition coefficient (Wildman–Crippen LogP) is 0.320. The Morgan fingerprint density at radius 3 is 2.31 bits per heavy atom. The third-order valence-corrected chi connectivity index (χ3v) is 4.63. The Morgan fingerprint density at radius 2 is 1.81 bits per heavy atom. The Kier molecular flexibility index (Phi) is 4.61. The van der Waals surface area contributed by atoms with Crippen LogP contribution in [0.25, 0.3) is 0 Å². The van der Waals surface area contributed by atoms with Crippen molar-refractivity contribution < 1.29 is 8.42 Å². The van der Waals surface area contributed by atoms with Gasteiger partial charge in [0.05, 0.1) is 0 Å². The Morgan fingerprint density at radius 1 is 1.12 bits per heavy atom. The second-order valence-corrected chi connectivity index (χ2v) is 5.82. The monoisotopic (exact) mass is 245 g/mol. The smallest absolute Gasteiger partial charge is 0.156 e. The molecule has 2 aliphatic rings. The largest absolute Gasteiger partial charge is 0.303 e. The summed E-state index contributed by atoms with van der Waals surface area (Å²) in [6.45, 7) is 5.06. The highest BCUT2D eigenvalue weighted by Gasteiger charge is 2.24. The Balaban J connectivity index is 1.82. The van der Waals surface area contributed by atoms with Crippen LogP contribution in [0, 0.1) is 6.42 Å². The maximum Gasteiger partial charge on any atom is 0.156 e. The van der Waals surface area contributed by atoms with E-state index in [2.05, 4.69) is 16.2 Å². The van der Waals surface area contributed by atoms with E-state index in [4.69, 9.17) is 0 Å². The van der Waals surface area contributed by atoms with Crippen LogP contribution < -0.4 is 0 Å². The predicted molar refractivity (Wildman–Crippen MR) is 64.9 cm³/mol. The summed E-state index contributed by atoms with van der Waals surface area (Å²) in [6, 6.07) is 0. The summed E-state index contributed by atoms with van der Waals surface area (Å²) in [4.78, 5) is 4.47. The van der Waals surface area contributed by atoms with Gasteiger partial charge in [0.2, 0.25) is 0 Å². The van der Waals surface area contributed by atoms with Gasteiger partial charge < -0.3 is 4.90 Å². The van der Waals surface area contributed by atoms with Crippen LogP contribution in [0.5, 0.6) is 0 Å². The Bertz CT molecular complexity index is 276. The van der Waals surface area contributed by atoms with Crippen LogP contribution in [0.1, 0.15) is 25.7 Å². The average molecular weight is 245 g/mol. The summed E-state index contributed by atoms with van der Waals surface area (Å²) in [6.07, 6.45) is 6.36. The molecule has 16 heavy (non-hydrogen) atoms. The molecular weight excluding hydrogens is 224 g/mol. The molecule has 2 heterocycles. The molecule has 5 heteroatoms. The number of nitrogens with zero attached hydrogens (tertiary/aromatic N) is 2. The molecule has 1 radical (unpaired) electrons. The molecule has 0 amide bonds. The van der Waals surface area contributed by atoms with E-state index in [-0.39, 0.29) is 5.37 Å². The zero-order chi connectivity index (χ0) is 11.4. The van der Waals surface area contributed by atoms with Gasteiger partial charge in [0, 0.05) is 6.54 Å². The molecule has 2 rings (SSSR count). The highest BCUT2D eigenvalue weighted by Crippen LogP contribution is 2.16. The van der Waals surface area contributed by atoms with E-state index >= 15 is 0 Å². The maximum atomic E-state index is 11.3. The van der Waals surface area contributed by atoms with Crippen LogP contribution in [-0.4, -0.2) is 56.3 Å². The van der Waals surface area contributed by atoms with E-state index in [1.807, 2.05) is 0 Å². The van der Waals surface area contributed by atoms with Crippen LogP contribution in [-0.2, 0) is 10.7 Å². The first-order valence-corrected chi connectivity index (χ1v) is 7.43. The van der Waals surface area contributed by atoms with Gasteiger partial charge in [-0.2, -0.15) is 0 Å². The van der Waals surface area contributed by atoms with Gasteiger partial charge in [0.1, 0.15) is 5.37 Å². The standard InChI is InChI=1S/C11H21N2O2S/c14-16(15)11(5-10-12-6-4-7-12)13-8-2-1-3-9-13/h1,11,16H,2-10H2. The fourth-order valence-corrected chi connectivity index (χ4v) is 3.22. The molecule has 2 fully saturated rings. The topological polar surface area (TPSA) is 40.6 Å². The average Bonchev–Trinajstić information content (AvgIpc) is 2.22. The molecule has 1 atom stereocenters. The number of piperidine rings is 1. The van der Waals surface area contributed by atoms with E-state index in [1.165, 1.54) is 6.42 Å². The van der Waals surface area contributed by atoms with Gasteiger partial charge in [-0.25, -0.2) is 8.42 Å². The van der Waals surface area contributed by atoms with Gasteiger partial charge in [-0.15, -0.1) is 0 Å². The summed E-state index contributed by atoms with van der Waals surface area (Å²) >= 11 is 0. The fraction of sp³-hybridized carbons (Fsp3) is 0.909. The van der Waals surface area contributed by atoms with Crippen molar-refractivity contribution in [1.29, 1.82) is 0 Å². The molecule has 0 N–H and O–H groups in total. The summed E-state index contributed by atoms with van der Waals surface area (Å²) in [5.74, 6) is 0. The van der Waals surface area contributed by atoms with E-state index in [0.717, 1.165) is 52.0 Å². The molecule has 1 unspecified atom stereocenters. The minimum Gasteiger partial charge on any atom is -0.303 e. The second kappa shape index (κ2) is 5.98. The van der Waals surface area contributed by atoms with Crippen LogP contribution in [0.4, 0.5) is 0 Å². The molecule has 0 aliphatic carbocycles. The number of rotatable bonds is 5. The van der Waals surface area contributed by atoms with Crippen LogP contribution >= 0.6 is 0 Å². The number of thiol groups is 1. The molecule has 0 aromatic carbocycles. The first-order chi connectivity index (χ1) is 7.77. The van der Waals surface area contributed by atoms with Crippen molar-refractivity contribution in [1.82, 2.24) is 9.80 Å². The van der Waals surface area contributed by atoms with Crippen molar-refractivity contribution in [3.8, 4) is 0 Å². The zero-order valence-corrected chi connectivity index (χ0v) is 10.6. The molecule has 0 spiro atoms. The summed E-state index contributed by atoms with van der Waals surface area (Å²) in [7, 11) is -2.31. The molecule has 2 saturated heterocycles. The van der Waals surface area contributed by atoms with Crippen molar-refractivity contribution >= 4 is 10.7 Å². The highest BCUT2D eigenvalue weighted by atomic mass is 32.2. The minimum atomic E-state index is -2.31. The van der Waals surface area contributed by atoms with Crippen molar-refractivity contribution in [2.75, 3.05) is 32.7 Å². The molecule has 2 aliphatic heterocycles. The molecule has 93 valence electrons. The second-order valence-electron chi connectivity index (χ2n) is 4.65. The molecule has 4 nitrogen and oxygen atoms in total. The van der Waals surface area contributed by atoms with Gasteiger partial charge in [-0.05, 0) is 58.3 Å². The molecule has 0 bridgehead atoms. The Hall–Kier alpha value is -0.130. The summed E-state index contributed by atoms with van der Waals surface area (Å²) in [5.41, 5.74) is 0. The van der Waals surface area contributed by atoms with Gasteiger partial charge >= 0.3 is 0 Å². The third-order valence-electron chi connectivity index (χ3n) is 3.56. The molecular formula is C11H21N2O2S. The third kappa shape index (κ3) is 3.18. The quantitative estimate of drug-likeness (QED) is 0.708. The molecule has 0 aromatic rings. The van der Waals surface area contributed by atoms with Crippen molar-refractivity contribution in [2.45, 2.75) is 31.1 Å². The lowest BCUT2D eigenvalue weighted by atomic mass is 10.1. The van der Waals surface area contributed by atoms with E-state index < -0.39 is 10.7 Å². The molecule has 0 aromatic heterocycles. The SMILES string of the molecule is O=[SH](=O)C(CCN1CCC1)N1CC[CH]CC1. The molecule has 0 saturated carbocycles. The Labute approximate surface area is 99.6 Å². The summed E-state index contributed by atoms with van der Waals surface area (Å²) < 4.78 is 22.6. The van der Waals surface area contributed by atoms with Gasteiger partial charge in [-0.3, -0.25) is 4.90 Å². The van der Waals surface area contributed by atoms with Gasteiger partial charge in [0.25, 0.3) is 0 Å². The van der Waals surface area contributed by atoms with Crippen LogP contribution in [0.3, 0.4) is 0 Å². The zero-order valence-electron chi connectivity index (χ0n) is 9.68. The maximum absolute atomic E-state index is 11.3. The first kappa shape index (κ1) is 12.3. The minimum absolute atomic E-state index is 0.232. The van der Waals surface area contributed by atoms with E-state index in [1.54, 1.807) is 0 Å². The number of hydrogen-bond acceptors (Lipinski definition) is 4. The summed E-state index contributed by atoms with van der Waals surface area (Å²) in [5, 5.41) is -0.232. The lowest BCUT2D eigenvalue weighted by Crippen LogP contribution is -2.44. The van der Waals surface area contributed by atoms with Crippen molar-refractivity contribution in [3.05, 3.63) is 6.42 Å².